The van der Waals surface area contributed by atoms with Gasteiger partial charge >= 0.3 is 0 Å². The molecule has 0 radical (unpaired) electrons. The third kappa shape index (κ3) is 2.56. The van der Waals surface area contributed by atoms with E-state index < -0.39 is 0 Å². The predicted octanol–water partition coefficient (Wildman–Crippen LogP) is 3.15. The Morgan fingerprint density at radius 2 is 2.05 bits per heavy atom. The Bertz CT molecular complexity index is 559. The van der Waals surface area contributed by atoms with Crippen LogP contribution in [0.5, 0.6) is 0 Å². The van der Waals surface area contributed by atoms with E-state index in [0.29, 0.717) is 12.0 Å². The Labute approximate surface area is 114 Å². The van der Waals surface area contributed by atoms with Gasteiger partial charge < -0.3 is 5.32 Å². The van der Waals surface area contributed by atoms with Crippen LogP contribution in [-0.4, -0.2) is 9.78 Å². The summed E-state index contributed by atoms with van der Waals surface area (Å²) in [6.07, 6.45) is 6.49. The monoisotopic (exact) mass is 255 g/mol. The van der Waals surface area contributed by atoms with E-state index in [4.69, 9.17) is 0 Å². The average molecular weight is 255 g/mol. The van der Waals surface area contributed by atoms with Gasteiger partial charge in [-0.15, -0.1) is 0 Å². The lowest BCUT2D eigenvalue weighted by Crippen LogP contribution is -2.25. The van der Waals surface area contributed by atoms with Crippen molar-refractivity contribution in [3.05, 3.63) is 53.3 Å². The lowest BCUT2D eigenvalue weighted by Gasteiger charge is -2.30. The number of hydrogen-bond donors (Lipinski definition) is 1. The van der Waals surface area contributed by atoms with E-state index in [2.05, 4.69) is 47.8 Å². The van der Waals surface area contributed by atoms with Crippen molar-refractivity contribution in [2.75, 3.05) is 0 Å². The van der Waals surface area contributed by atoms with Gasteiger partial charge in [0.25, 0.3) is 0 Å². The zero-order valence-corrected chi connectivity index (χ0v) is 11.6. The lowest BCUT2D eigenvalue weighted by atomic mass is 9.81. The molecule has 0 saturated carbocycles. The van der Waals surface area contributed by atoms with Gasteiger partial charge in [-0.1, -0.05) is 31.2 Å². The SMILES string of the molecule is CC1CCC(NCc2cnn(C)c2)c2ccccc21. The van der Waals surface area contributed by atoms with E-state index in [-0.39, 0.29) is 0 Å². The van der Waals surface area contributed by atoms with Crippen LogP contribution in [0.1, 0.15) is 48.4 Å². The summed E-state index contributed by atoms with van der Waals surface area (Å²) in [7, 11) is 1.96. The predicted molar refractivity (Wildman–Crippen MR) is 76.9 cm³/mol. The summed E-state index contributed by atoms with van der Waals surface area (Å²) in [5.74, 6) is 0.688. The van der Waals surface area contributed by atoms with Crippen molar-refractivity contribution >= 4 is 0 Å². The van der Waals surface area contributed by atoms with Crippen LogP contribution < -0.4 is 5.32 Å². The molecule has 0 fully saturated rings. The maximum Gasteiger partial charge on any atom is 0.0534 e. The molecule has 1 aliphatic rings. The van der Waals surface area contributed by atoms with Crippen LogP contribution in [0.25, 0.3) is 0 Å². The van der Waals surface area contributed by atoms with Crippen LogP contribution in [-0.2, 0) is 13.6 Å². The van der Waals surface area contributed by atoms with Gasteiger partial charge in [0.1, 0.15) is 0 Å². The van der Waals surface area contributed by atoms with Gasteiger partial charge in [-0.3, -0.25) is 4.68 Å². The van der Waals surface area contributed by atoms with E-state index in [9.17, 15) is 0 Å². The van der Waals surface area contributed by atoms with Crippen LogP contribution >= 0.6 is 0 Å². The normalized spacial score (nSPS) is 22.2. The molecule has 19 heavy (non-hydrogen) atoms. The van der Waals surface area contributed by atoms with Crippen molar-refractivity contribution in [2.45, 2.75) is 38.3 Å². The first-order chi connectivity index (χ1) is 9.24. The summed E-state index contributed by atoms with van der Waals surface area (Å²) in [6.45, 7) is 3.22. The highest BCUT2D eigenvalue weighted by atomic mass is 15.2. The minimum Gasteiger partial charge on any atom is -0.306 e. The quantitative estimate of drug-likeness (QED) is 0.913. The Hall–Kier alpha value is -1.61. The summed E-state index contributed by atoms with van der Waals surface area (Å²) in [5.41, 5.74) is 4.24. The van der Waals surface area contributed by atoms with Gasteiger partial charge in [0.05, 0.1) is 6.20 Å². The van der Waals surface area contributed by atoms with Crippen molar-refractivity contribution < 1.29 is 0 Å². The average Bonchev–Trinajstić information content (AvgIpc) is 2.84. The molecule has 2 unspecified atom stereocenters. The molecule has 3 heteroatoms. The van der Waals surface area contributed by atoms with E-state index in [1.165, 1.54) is 29.5 Å². The zero-order valence-electron chi connectivity index (χ0n) is 11.6. The molecule has 0 bridgehead atoms. The van der Waals surface area contributed by atoms with E-state index >= 15 is 0 Å². The summed E-state index contributed by atoms with van der Waals surface area (Å²) in [4.78, 5) is 0. The summed E-state index contributed by atoms with van der Waals surface area (Å²) in [5, 5.41) is 7.89. The second-order valence-electron chi connectivity index (χ2n) is 5.56. The third-order valence-electron chi connectivity index (χ3n) is 4.10. The number of fused-ring (bicyclic) bond motifs is 1. The fourth-order valence-corrected chi connectivity index (χ4v) is 3.02. The number of benzene rings is 1. The zero-order chi connectivity index (χ0) is 13.2. The maximum atomic E-state index is 4.21. The third-order valence-corrected chi connectivity index (χ3v) is 4.10. The first-order valence-corrected chi connectivity index (χ1v) is 7.04. The number of nitrogens with one attached hydrogen (secondary N) is 1. The topological polar surface area (TPSA) is 29.9 Å². The second-order valence-corrected chi connectivity index (χ2v) is 5.56. The van der Waals surface area contributed by atoms with E-state index in [1.807, 2.05) is 17.9 Å². The van der Waals surface area contributed by atoms with Crippen molar-refractivity contribution in [2.24, 2.45) is 7.05 Å². The van der Waals surface area contributed by atoms with Crippen LogP contribution in [0.4, 0.5) is 0 Å². The lowest BCUT2D eigenvalue weighted by molar-refractivity contribution is 0.431. The fraction of sp³-hybridized carbons (Fsp3) is 0.438. The molecular formula is C16H21N3. The Kier molecular flexibility index (Phi) is 3.38. The first-order valence-electron chi connectivity index (χ1n) is 7.04. The van der Waals surface area contributed by atoms with Gasteiger partial charge in [-0.05, 0) is 29.9 Å². The number of nitrogens with zero attached hydrogens (tertiary/aromatic N) is 2. The van der Waals surface area contributed by atoms with Crippen LogP contribution in [0.2, 0.25) is 0 Å². The minimum absolute atomic E-state index is 0.479. The second kappa shape index (κ2) is 5.17. The first kappa shape index (κ1) is 12.4. The fourth-order valence-electron chi connectivity index (χ4n) is 3.02. The van der Waals surface area contributed by atoms with Crippen molar-refractivity contribution in [3.8, 4) is 0 Å². The van der Waals surface area contributed by atoms with E-state index in [0.717, 1.165) is 6.54 Å². The molecular weight excluding hydrogens is 234 g/mol. The highest BCUT2D eigenvalue weighted by Crippen LogP contribution is 2.36. The number of aryl methyl sites for hydroxylation is 1. The molecule has 0 aliphatic heterocycles. The van der Waals surface area contributed by atoms with E-state index in [1.54, 1.807) is 0 Å². The number of rotatable bonds is 3. The molecule has 3 nitrogen and oxygen atoms in total. The van der Waals surface area contributed by atoms with Gasteiger partial charge in [-0.25, -0.2) is 0 Å². The molecule has 0 spiro atoms. The van der Waals surface area contributed by atoms with Crippen molar-refractivity contribution in [3.63, 3.8) is 0 Å². The summed E-state index contributed by atoms with van der Waals surface area (Å²) < 4.78 is 1.86. The molecule has 0 saturated heterocycles. The maximum absolute atomic E-state index is 4.21. The highest BCUT2D eigenvalue weighted by molar-refractivity contribution is 5.35. The molecule has 1 heterocycles. The minimum atomic E-state index is 0.479. The van der Waals surface area contributed by atoms with Crippen LogP contribution in [0.15, 0.2) is 36.7 Å². The van der Waals surface area contributed by atoms with Gasteiger partial charge in [0.2, 0.25) is 0 Å². The molecule has 2 atom stereocenters. The summed E-state index contributed by atoms with van der Waals surface area (Å²) >= 11 is 0. The Morgan fingerprint density at radius 3 is 2.79 bits per heavy atom. The molecule has 1 aromatic carbocycles. The molecule has 1 aliphatic carbocycles. The van der Waals surface area contributed by atoms with Gasteiger partial charge in [-0.2, -0.15) is 5.10 Å². The van der Waals surface area contributed by atoms with Crippen LogP contribution in [0, 0.1) is 0 Å². The molecule has 100 valence electrons. The largest absolute Gasteiger partial charge is 0.306 e. The van der Waals surface area contributed by atoms with Crippen molar-refractivity contribution in [1.82, 2.24) is 15.1 Å². The molecule has 1 aromatic heterocycles. The Morgan fingerprint density at radius 1 is 1.26 bits per heavy atom. The molecule has 0 amide bonds. The molecule has 1 N–H and O–H groups in total. The number of aromatic nitrogens is 2. The standard InChI is InChI=1S/C16H21N3/c1-12-7-8-16(15-6-4-3-5-14(12)15)17-9-13-10-18-19(2)11-13/h3-6,10-12,16-17H,7-9H2,1-2H3. The Balaban J connectivity index is 1.74. The van der Waals surface area contributed by atoms with Crippen LogP contribution in [0.3, 0.4) is 0 Å². The number of hydrogen-bond acceptors (Lipinski definition) is 2. The summed E-state index contributed by atoms with van der Waals surface area (Å²) in [6, 6.07) is 9.32. The van der Waals surface area contributed by atoms with Crippen molar-refractivity contribution in [1.29, 1.82) is 0 Å². The van der Waals surface area contributed by atoms with Gasteiger partial charge in [0.15, 0.2) is 0 Å². The smallest absolute Gasteiger partial charge is 0.0534 e. The highest BCUT2D eigenvalue weighted by Gasteiger charge is 2.23. The molecule has 3 rings (SSSR count). The van der Waals surface area contributed by atoms with Gasteiger partial charge in [0, 0.05) is 31.4 Å². The molecule has 2 aromatic rings.